The van der Waals surface area contributed by atoms with Gasteiger partial charge in [-0.3, -0.25) is 4.79 Å². The lowest BCUT2D eigenvalue weighted by atomic mass is 9.64. The predicted octanol–water partition coefficient (Wildman–Crippen LogP) is 1.94. The van der Waals surface area contributed by atoms with E-state index in [0.29, 0.717) is 5.82 Å². The lowest BCUT2D eigenvalue weighted by Gasteiger charge is -2.28. The first-order valence-corrected chi connectivity index (χ1v) is 11.2. The Bertz CT molecular complexity index is 1190. The zero-order valence-corrected chi connectivity index (χ0v) is 17.7. The largest absolute Gasteiger partial charge is 0.380 e. The van der Waals surface area contributed by atoms with Gasteiger partial charge in [0.1, 0.15) is 18.6 Å². The summed E-state index contributed by atoms with van der Waals surface area (Å²) in [6.45, 7) is 3.35. The first-order valence-electron chi connectivity index (χ1n) is 11.2. The molecular weight excluding hydrogens is 403 g/mol. The molecule has 8 nitrogen and oxygen atoms in total. The number of amides is 1. The molecule has 3 aliphatic heterocycles. The van der Waals surface area contributed by atoms with E-state index >= 15 is 0 Å². The molecule has 2 bridgehead atoms. The summed E-state index contributed by atoms with van der Waals surface area (Å²) in [7, 11) is 0.973. The minimum absolute atomic E-state index is 0.0129. The van der Waals surface area contributed by atoms with Crippen LogP contribution in [-0.4, -0.2) is 60.5 Å². The van der Waals surface area contributed by atoms with E-state index in [1.165, 1.54) is 5.69 Å². The first kappa shape index (κ1) is 19.4. The number of hydrogen-bond donors (Lipinski definition) is 3. The number of anilines is 2. The number of morpholine rings is 1. The summed E-state index contributed by atoms with van der Waals surface area (Å²) >= 11 is 0. The molecule has 0 unspecified atom stereocenters. The second-order valence-electron chi connectivity index (χ2n) is 8.83. The standard InChI is InChI=1S/C23H25BN6O2/c25-21(31)18-15-5-6-16(24-15)19(18)27-17-7-8-26-23-20(17)28-22(29-23)13-1-3-14(4-2-13)30-9-11-32-12-10-30/h1-8,15-16,18-19,24H,9-12H2,(H2,25,31)(H2,26,27,28,29)/t15-,16+,18-,19+/m0/s1. The van der Waals surface area contributed by atoms with Crippen molar-refractivity contribution in [2.24, 2.45) is 11.7 Å². The van der Waals surface area contributed by atoms with Gasteiger partial charge in [0, 0.05) is 36.6 Å². The molecule has 0 radical (unpaired) electrons. The molecule has 32 heavy (non-hydrogen) atoms. The number of fused-ring (bicyclic) bond motifs is 3. The minimum Gasteiger partial charge on any atom is -0.380 e. The summed E-state index contributed by atoms with van der Waals surface area (Å²) in [6.07, 6.45) is 6.09. The number of imidazole rings is 1. The predicted molar refractivity (Wildman–Crippen MR) is 126 cm³/mol. The van der Waals surface area contributed by atoms with Gasteiger partial charge >= 0.3 is 0 Å². The number of benzene rings is 1. The van der Waals surface area contributed by atoms with Gasteiger partial charge in [0.05, 0.1) is 24.8 Å². The second-order valence-corrected chi connectivity index (χ2v) is 8.83. The third kappa shape index (κ3) is 3.24. The van der Waals surface area contributed by atoms with Crippen LogP contribution in [0.4, 0.5) is 11.4 Å². The van der Waals surface area contributed by atoms with E-state index in [-0.39, 0.29) is 23.7 Å². The lowest BCUT2D eigenvalue weighted by Crippen LogP contribution is -2.38. The van der Waals surface area contributed by atoms with Gasteiger partial charge < -0.3 is 25.7 Å². The molecule has 2 saturated heterocycles. The van der Waals surface area contributed by atoms with E-state index in [1.807, 2.05) is 6.07 Å². The fourth-order valence-electron chi connectivity index (χ4n) is 5.40. The number of aromatic amines is 1. The van der Waals surface area contributed by atoms with E-state index in [2.05, 4.69) is 56.6 Å². The molecule has 3 aromatic rings. The van der Waals surface area contributed by atoms with Crippen molar-refractivity contribution in [2.45, 2.75) is 17.7 Å². The molecule has 0 saturated carbocycles. The Balaban J connectivity index is 1.28. The van der Waals surface area contributed by atoms with Crippen molar-refractivity contribution in [2.75, 3.05) is 36.5 Å². The van der Waals surface area contributed by atoms with Gasteiger partial charge in [-0.15, -0.1) is 0 Å². The van der Waals surface area contributed by atoms with Crippen LogP contribution >= 0.6 is 0 Å². The number of H-pyrrole nitrogens is 1. The monoisotopic (exact) mass is 428 g/mol. The van der Waals surface area contributed by atoms with Gasteiger partial charge in [0.25, 0.3) is 0 Å². The fraction of sp³-hybridized carbons (Fsp3) is 0.348. The Hall–Kier alpha value is -3.33. The highest BCUT2D eigenvalue weighted by Crippen LogP contribution is 2.47. The van der Waals surface area contributed by atoms with Crippen molar-refractivity contribution < 1.29 is 9.53 Å². The van der Waals surface area contributed by atoms with Crippen LogP contribution in [0.1, 0.15) is 0 Å². The van der Waals surface area contributed by atoms with Crippen LogP contribution in [0.3, 0.4) is 0 Å². The van der Waals surface area contributed by atoms with Gasteiger partial charge in [-0.25, -0.2) is 9.97 Å². The first-order chi connectivity index (χ1) is 15.7. The van der Waals surface area contributed by atoms with E-state index in [9.17, 15) is 4.79 Å². The number of nitrogens with two attached hydrogens (primary N) is 1. The summed E-state index contributed by atoms with van der Waals surface area (Å²) < 4.78 is 5.44. The van der Waals surface area contributed by atoms with Crippen LogP contribution in [0.25, 0.3) is 22.6 Å². The van der Waals surface area contributed by atoms with E-state index < -0.39 is 0 Å². The van der Waals surface area contributed by atoms with Crippen LogP contribution < -0.4 is 16.0 Å². The number of ether oxygens (including phenoxy) is 1. The zero-order valence-electron chi connectivity index (χ0n) is 17.7. The van der Waals surface area contributed by atoms with Crippen molar-refractivity contribution in [1.82, 2.24) is 15.0 Å². The molecule has 3 aliphatic rings. The third-order valence-electron chi connectivity index (χ3n) is 7.01. The average molecular weight is 428 g/mol. The molecule has 4 N–H and O–H groups in total. The molecular formula is C23H25BN6O2. The molecule has 0 spiro atoms. The normalized spacial score (nSPS) is 26.4. The number of carbonyl (C=O) groups excluding carboxylic acids is 1. The Morgan fingerprint density at radius 1 is 1.16 bits per heavy atom. The molecule has 1 amide bonds. The molecule has 4 atom stereocenters. The second kappa shape index (κ2) is 7.67. The Labute approximate surface area is 186 Å². The van der Waals surface area contributed by atoms with Crippen molar-refractivity contribution >= 4 is 35.7 Å². The van der Waals surface area contributed by atoms with Crippen LogP contribution in [0.2, 0.25) is 11.6 Å². The van der Waals surface area contributed by atoms with E-state index in [4.69, 9.17) is 15.5 Å². The van der Waals surface area contributed by atoms with Gasteiger partial charge in [-0.1, -0.05) is 12.2 Å². The van der Waals surface area contributed by atoms with Crippen molar-refractivity contribution in [3.8, 4) is 11.4 Å². The SMILES string of the molecule is NC(=O)[C@@H]1[C@H](Nc2ccnc3[nH]c(-c4ccc(N5CCOCC5)cc4)nc23)[C@@H]2B[C@H]1C=C2. The lowest BCUT2D eigenvalue weighted by molar-refractivity contribution is -0.121. The van der Waals surface area contributed by atoms with Gasteiger partial charge in [0.15, 0.2) is 5.65 Å². The van der Waals surface area contributed by atoms with Gasteiger partial charge in [-0.05, 0) is 42.0 Å². The van der Waals surface area contributed by atoms with E-state index in [1.54, 1.807) is 6.20 Å². The highest BCUT2D eigenvalue weighted by molar-refractivity contribution is 6.45. The van der Waals surface area contributed by atoms with Crippen molar-refractivity contribution in [3.05, 3.63) is 48.7 Å². The maximum atomic E-state index is 12.1. The zero-order chi connectivity index (χ0) is 21.7. The Morgan fingerprint density at radius 3 is 2.72 bits per heavy atom. The number of primary amides is 1. The number of hydrogen-bond acceptors (Lipinski definition) is 6. The Morgan fingerprint density at radius 2 is 1.94 bits per heavy atom. The molecule has 0 aliphatic carbocycles. The number of nitrogens with zero attached hydrogens (tertiary/aromatic N) is 3. The number of aromatic nitrogens is 3. The summed E-state index contributed by atoms with van der Waals surface area (Å²) in [5, 5.41) is 3.57. The third-order valence-corrected chi connectivity index (χ3v) is 7.01. The highest BCUT2D eigenvalue weighted by Gasteiger charge is 2.48. The molecule has 5 heterocycles. The van der Waals surface area contributed by atoms with Crippen LogP contribution in [0.15, 0.2) is 48.7 Å². The van der Waals surface area contributed by atoms with Crippen molar-refractivity contribution in [1.29, 1.82) is 0 Å². The summed E-state index contributed by atoms with van der Waals surface area (Å²) in [5.74, 6) is 0.876. The maximum absolute atomic E-state index is 12.1. The number of rotatable bonds is 5. The van der Waals surface area contributed by atoms with Gasteiger partial charge in [-0.2, -0.15) is 0 Å². The Kier molecular flexibility index (Phi) is 4.64. The molecule has 162 valence electrons. The number of nitrogens with one attached hydrogen (secondary N) is 2. The van der Waals surface area contributed by atoms with E-state index in [0.717, 1.165) is 61.8 Å². The van der Waals surface area contributed by atoms with Crippen molar-refractivity contribution in [3.63, 3.8) is 0 Å². The smallest absolute Gasteiger partial charge is 0.222 e. The fourth-order valence-corrected chi connectivity index (χ4v) is 5.40. The quantitative estimate of drug-likeness (QED) is 0.423. The average Bonchev–Trinajstić information content (AvgIpc) is 3.55. The van der Waals surface area contributed by atoms with Crippen LogP contribution in [-0.2, 0) is 9.53 Å². The summed E-state index contributed by atoms with van der Waals surface area (Å²) in [4.78, 5) is 27.1. The summed E-state index contributed by atoms with van der Waals surface area (Å²) in [5.41, 5.74) is 10.3. The number of pyridine rings is 1. The number of allylic oxidation sites excluding steroid dienone is 1. The minimum atomic E-state index is -0.243. The number of carbonyl (C=O) groups is 1. The molecule has 6 rings (SSSR count). The topological polar surface area (TPSA) is 109 Å². The van der Waals surface area contributed by atoms with Crippen LogP contribution in [0.5, 0.6) is 0 Å². The molecule has 9 heteroatoms. The highest BCUT2D eigenvalue weighted by atomic mass is 16.5. The molecule has 2 aromatic heterocycles. The maximum Gasteiger partial charge on any atom is 0.222 e. The molecule has 2 fully saturated rings. The van der Waals surface area contributed by atoms with Crippen LogP contribution in [0, 0.1) is 5.92 Å². The summed E-state index contributed by atoms with van der Waals surface area (Å²) in [6, 6.07) is 10.3. The molecule has 1 aromatic carbocycles. The van der Waals surface area contributed by atoms with Gasteiger partial charge in [0.2, 0.25) is 5.91 Å².